The quantitative estimate of drug-likeness (QED) is 0.632. The number of aromatic nitrogens is 1. The van der Waals surface area contributed by atoms with Crippen LogP contribution in [0.15, 0.2) is 12.1 Å². The third kappa shape index (κ3) is 3.20. The molecule has 1 aliphatic heterocycles. The van der Waals surface area contributed by atoms with Crippen LogP contribution in [0, 0.1) is 0 Å². The molecule has 4 nitrogen and oxygen atoms in total. The molecule has 1 saturated heterocycles. The molecule has 0 amide bonds. The van der Waals surface area contributed by atoms with Crippen LogP contribution in [-0.4, -0.2) is 29.9 Å². The van der Waals surface area contributed by atoms with Gasteiger partial charge in [-0.05, 0) is 33.8 Å². The Hall–Kier alpha value is -1.35. The molecule has 22 heavy (non-hydrogen) atoms. The maximum absolute atomic E-state index is 12.7. The van der Waals surface area contributed by atoms with Crippen molar-refractivity contribution in [3.05, 3.63) is 17.8 Å². The van der Waals surface area contributed by atoms with E-state index in [0.29, 0.717) is 0 Å². The van der Waals surface area contributed by atoms with Crippen LogP contribution in [0.25, 0.3) is 0 Å². The lowest BCUT2D eigenvalue weighted by Crippen LogP contribution is -2.41. The Kier molecular flexibility index (Phi) is 4.41. The Morgan fingerprint density at radius 2 is 1.59 bits per heavy atom. The van der Waals surface area contributed by atoms with Crippen molar-refractivity contribution in [2.75, 3.05) is 0 Å². The van der Waals surface area contributed by atoms with E-state index in [2.05, 4.69) is 9.72 Å². The average molecular weight is 321 g/mol. The lowest BCUT2D eigenvalue weighted by Gasteiger charge is -2.32. The number of rotatable bonds is 4. The molecule has 0 atom stereocenters. The van der Waals surface area contributed by atoms with Gasteiger partial charge in [-0.25, -0.2) is 13.8 Å². The van der Waals surface area contributed by atoms with E-state index >= 15 is 0 Å². The lowest BCUT2D eigenvalue weighted by atomic mass is 9.79. The summed E-state index contributed by atoms with van der Waals surface area (Å²) in [5.74, 6) is -0.619. The normalized spacial score (nSPS) is 20.0. The minimum atomic E-state index is -3.19. The second kappa shape index (κ2) is 5.70. The summed E-state index contributed by atoms with van der Waals surface area (Å²) >= 11 is 0. The number of pyridine rings is 1. The smallest absolute Gasteiger partial charge is 0.417 e. The van der Waals surface area contributed by atoms with Gasteiger partial charge in [0.15, 0.2) is 0 Å². The Labute approximate surface area is 125 Å². The van der Waals surface area contributed by atoms with Crippen molar-refractivity contribution in [1.29, 1.82) is 0 Å². The summed E-state index contributed by atoms with van der Waals surface area (Å²) < 4.78 is 66.0. The monoisotopic (exact) mass is 321 g/mol. The number of hydrogen-bond donors (Lipinski definition) is 0. The Morgan fingerprint density at radius 3 is 2.05 bits per heavy atom. The van der Waals surface area contributed by atoms with E-state index in [1.807, 2.05) is 0 Å². The van der Waals surface area contributed by atoms with Gasteiger partial charge in [-0.2, -0.15) is 8.78 Å². The maximum Gasteiger partial charge on any atom is 0.500 e. The van der Waals surface area contributed by atoms with Gasteiger partial charge in [-0.1, -0.05) is 6.07 Å². The highest BCUT2D eigenvalue weighted by atomic mass is 19.3. The van der Waals surface area contributed by atoms with Gasteiger partial charge in [0.25, 0.3) is 6.43 Å². The first-order valence-electron chi connectivity index (χ1n) is 6.63. The molecule has 0 aromatic carbocycles. The Bertz CT molecular complexity index is 538. The number of nitrogens with zero attached hydrogens (tertiary/aromatic N) is 1. The largest absolute Gasteiger partial charge is 0.500 e. The zero-order chi connectivity index (χ0) is 16.7. The maximum atomic E-state index is 12.7. The molecule has 0 aliphatic carbocycles. The first-order valence-corrected chi connectivity index (χ1v) is 6.63. The second-order valence-electron chi connectivity index (χ2n) is 5.90. The summed E-state index contributed by atoms with van der Waals surface area (Å²) in [5, 5.41) is 0. The van der Waals surface area contributed by atoms with Gasteiger partial charge in [-0.15, -0.1) is 0 Å². The molecule has 0 saturated carbocycles. The molecule has 0 unspecified atom stereocenters. The van der Waals surface area contributed by atoms with E-state index in [0.717, 1.165) is 6.07 Å². The first kappa shape index (κ1) is 17.0. The van der Waals surface area contributed by atoms with Gasteiger partial charge in [-0.3, -0.25) is 0 Å². The van der Waals surface area contributed by atoms with Gasteiger partial charge < -0.3 is 14.0 Å². The van der Waals surface area contributed by atoms with E-state index in [1.165, 1.54) is 6.07 Å². The molecule has 0 spiro atoms. The van der Waals surface area contributed by atoms with Crippen LogP contribution in [0.5, 0.6) is 5.88 Å². The molecule has 0 radical (unpaired) electrons. The van der Waals surface area contributed by atoms with E-state index in [4.69, 9.17) is 9.31 Å². The first-order chi connectivity index (χ1) is 10.0. The summed E-state index contributed by atoms with van der Waals surface area (Å²) in [6, 6.07) is 2.23. The van der Waals surface area contributed by atoms with Crippen LogP contribution in [0.4, 0.5) is 17.6 Å². The molecule has 122 valence electrons. The van der Waals surface area contributed by atoms with E-state index < -0.39 is 42.9 Å². The fourth-order valence-corrected chi connectivity index (χ4v) is 1.92. The number of hydrogen-bond acceptors (Lipinski definition) is 4. The molecule has 2 heterocycles. The van der Waals surface area contributed by atoms with Gasteiger partial charge in [0.2, 0.25) is 5.88 Å². The minimum Gasteiger partial charge on any atom is -0.417 e. The molecule has 2 rings (SSSR count). The van der Waals surface area contributed by atoms with E-state index in [9.17, 15) is 17.6 Å². The van der Waals surface area contributed by atoms with E-state index in [1.54, 1.807) is 27.7 Å². The van der Waals surface area contributed by atoms with E-state index in [-0.39, 0.29) is 5.46 Å². The van der Waals surface area contributed by atoms with Crippen molar-refractivity contribution in [3.8, 4) is 5.88 Å². The van der Waals surface area contributed by atoms with Crippen LogP contribution in [0.1, 0.15) is 39.8 Å². The average Bonchev–Trinajstić information content (AvgIpc) is 2.57. The molecule has 1 fully saturated rings. The third-order valence-corrected chi connectivity index (χ3v) is 3.84. The predicted molar refractivity (Wildman–Crippen MR) is 71.5 cm³/mol. The third-order valence-electron chi connectivity index (χ3n) is 3.84. The Balaban J connectivity index is 2.38. The predicted octanol–water partition coefficient (Wildman–Crippen LogP) is 2.92. The molecule has 1 aliphatic rings. The SMILES string of the molecule is CC1(C)OB(c2ccc(C(F)F)nc2OC(F)F)OC1(C)C. The van der Waals surface area contributed by atoms with Crippen LogP contribution < -0.4 is 10.2 Å². The zero-order valence-electron chi connectivity index (χ0n) is 12.6. The van der Waals surface area contributed by atoms with Gasteiger partial charge in [0, 0.05) is 5.46 Å². The lowest BCUT2D eigenvalue weighted by molar-refractivity contribution is -0.0526. The van der Waals surface area contributed by atoms with Crippen molar-refractivity contribution in [2.45, 2.75) is 51.9 Å². The van der Waals surface area contributed by atoms with Crippen LogP contribution in [-0.2, 0) is 9.31 Å². The summed E-state index contributed by atoms with van der Waals surface area (Å²) in [5.41, 5.74) is -2.03. The Morgan fingerprint density at radius 1 is 1.05 bits per heavy atom. The zero-order valence-corrected chi connectivity index (χ0v) is 12.6. The fraction of sp³-hybridized carbons (Fsp3) is 0.615. The molecule has 0 bridgehead atoms. The topological polar surface area (TPSA) is 40.6 Å². The summed E-state index contributed by atoms with van der Waals surface area (Å²) in [7, 11) is -1.03. The highest BCUT2D eigenvalue weighted by Crippen LogP contribution is 2.37. The highest BCUT2D eigenvalue weighted by molar-refractivity contribution is 6.63. The van der Waals surface area contributed by atoms with Gasteiger partial charge in [0.1, 0.15) is 5.69 Å². The molecule has 0 N–H and O–H groups in total. The van der Waals surface area contributed by atoms with Crippen LogP contribution >= 0.6 is 0 Å². The standard InChI is InChI=1S/C13H16BF4NO3/c1-12(2)13(3,4)22-14(21-12)7-5-6-8(9(15)16)19-10(7)20-11(17)18/h5-6,9,11H,1-4H3. The molecular formula is C13H16BF4NO3. The number of halogens is 4. The summed E-state index contributed by atoms with van der Waals surface area (Å²) in [6.45, 7) is 3.92. The summed E-state index contributed by atoms with van der Waals surface area (Å²) in [4.78, 5) is 3.44. The van der Waals surface area contributed by atoms with Crippen LogP contribution in [0.2, 0.25) is 0 Å². The van der Waals surface area contributed by atoms with Crippen molar-refractivity contribution in [1.82, 2.24) is 4.98 Å². The minimum absolute atomic E-state index is 0.0448. The molecule has 1 aromatic rings. The summed E-state index contributed by atoms with van der Waals surface area (Å²) in [6.07, 6.45) is -2.90. The van der Waals surface area contributed by atoms with Crippen molar-refractivity contribution in [2.24, 2.45) is 0 Å². The molecule has 1 aromatic heterocycles. The molecular weight excluding hydrogens is 305 g/mol. The van der Waals surface area contributed by atoms with Crippen LogP contribution in [0.3, 0.4) is 0 Å². The fourth-order valence-electron chi connectivity index (χ4n) is 1.92. The van der Waals surface area contributed by atoms with Gasteiger partial charge in [0.05, 0.1) is 11.2 Å². The van der Waals surface area contributed by atoms with Crippen molar-refractivity contribution >= 4 is 12.6 Å². The molecule has 9 heteroatoms. The highest BCUT2D eigenvalue weighted by Gasteiger charge is 2.52. The van der Waals surface area contributed by atoms with Gasteiger partial charge >= 0.3 is 13.7 Å². The number of alkyl halides is 4. The van der Waals surface area contributed by atoms with Crippen molar-refractivity contribution in [3.63, 3.8) is 0 Å². The van der Waals surface area contributed by atoms with Crippen molar-refractivity contribution < 1.29 is 31.6 Å². The number of ether oxygens (including phenoxy) is 1. The second-order valence-corrected chi connectivity index (χ2v) is 5.90.